The molecule has 0 spiro atoms. The molecule has 0 bridgehead atoms. The minimum absolute atomic E-state index is 0.0336. The van der Waals surface area contributed by atoms with Crippen molar-refractivity contribution in [2.24, 2.45) is 5.92 Å². The normalized spacial score (nSPS) is 21.4. The van der Waals surface area contributed by atoms with Crippen molar-refractivity contribution in [2.45, 2.75) is 26.3 Å². The Kier molecular flexibility index (Phi) is 3.91. The van der Waals surface area contributed by atoms with Crippen molar-refractivity contribution in [3.8, 4) is 11.8 Å². The van der Waals surface area contributed by atoms with Crippen molar-refractivity contribution in [3.63, 3.8) is 0 Å². The standard InChI is InChI=1S/C20H17N3O6/c1-9-16(20(3)12(8-21)19(26)22-23(20)10(2)24)17(25)15-14(29-9)7-13-11(5-6-28-13)18(15)27-4/h5-7,12H,1-4H3,(H,22,26). The van der Waals surface area contributed by atoms with Crippen LogP contribution in [0.15, 0.2) is 32.0 Å². The second-order valence-electron chi connectivity index (χ2n) is 7.02. The molecule has 2 amide bonds. The van der Waals surface area contributed by atoms with Crippen LogP contribution in [-0.2, 0) is 15.1 Å². The van der Waals surface area contributed by atoms with E-state index in [1.54, 1.807) is 19.1 Å². The van der Waals surface area contributed by atoms with E-state index in [0.29, 0.717) is 11.0 Å². The van der Waals surface area contributed by atoms with Crippen molar-refractivity contribution in [1.82, 2.24) is 10.4 Å². The Morgan fingerprint density at radius 2 is 2.10 bits per heavy atom. The Bertz CT molecular complexity index is 1300. The summed E-state index contributed by atoms with van der Waals surface area (Å²) >= 11 is 0. The Morgan fingerprint density at radius 1 is 1.38 bits per heavy atom. The maximum absolute atomic E-state index is 13.7. The molecule has 3 aromatic rings. The summed E-state index contributed by atoms with van der Waals surface area (Å²) in [5.74, 6) is -2.05. The van der Waals surface area contributed by atoms with Crippen LogP contribution in [0.1, 0.15) is 25.2 Å². The average Bonchev–Trinajstić information content (AvgIpc) is 3.21. The fraction of sp³-hybridized carbons (Fsp3) is 0.300. The first kappa shape index (κ1) is 18.6. The third-order valence-corrected chi connectivity index (χ3v) is 5.41. The molecular formula is C20H17N3O6. The summed E-state index contributed by atoms with van der Waals surface area (Å²) in [5, 5.41) is 11.4. The second-order valence-corrected chi connectivity index (χ2v) is 7.02. The molecular weight excluding hydrogens is 378 g/mol. The van der Waals surface area contributed by atoms with Crippen LogP contribution < -0.4 is 15.6 Å². The lowest BCUT2D eigenvalue weighted by molar-refractivity contribution is -0.138. The Labute approximate surface area is 164 Å². The number of amides is 2. The highest BCUT2D eigenvalue weighted by Gasteiger charge is 2.56. The van der Waals surface area contributed by atoms with Crippen LogP contribution in [0.3, 0.4) is 0 Å². The highest BCUT2D eigenvalue weighted by molar-refractivity contribution is 6.01. The molecule has 9 heteroatoms. The summed E-state index contributed by atoms with van der Waals surface area (Å²) in [6.45, 7) is 4.29. The van der Waals surface area contributed by atoms with E-state index in [4.69, 9.17) is 13.6 Å². The summed E-state index contributed by atoms with van der Waals surface area (Å²) in [7, 11) is 1.42. The van der Waals surface area contributed by atoms with Crippen molar-refractivity contribution < 1.29 is 23.2 Å². The van der Waals surface area contributed by atoms with Crippen molar-refractivity contribution in [3.05, 3.63) is 39.9 Å². The molecule has 0 aliphatic carbocycles. The van der Waals surface area contributed by atoms with Gasteiger partial charge in [-0.05, 0) is 19.9 Å². The van der Waals surface area contributed by atoms with Crippen LogP contribution in [0.4, 0.5) is 0 Å². The van der Waals surface area contributed by atoms with Gasteiger partial charge in [0.05, 0.1) is 30.4 Å². The number of furan rings is 1. The summed E-state index contributed by atoms with van der Waals surface area (Å²) in [5.41, 5.74) is 1.09. The fourth-order valence-corrected chi connectivity index (χ4v) is 4.17. The zero-order valence-electron chi connectivity index (χ0n) is 16.2. The molecule has 0 radical (unpaired) electrons. The van der Waals surface area contributed by atoms with Gasteiger partial charge in [-0.1, -0.05) is 0 Å². The number of ether oxygens (including phenoxy) is 1. The number of rotatable bonds is 2. The minimum atomic E-state index is -1.56. The number of hydrazine groups is 1. The van der Waals surface area contributed by atoms with Crippen LogP contribution in [0.5, 0.6) is 5.75 Å². The van der Waals surface area contributed by atoms with E-state index < -0.39 is 28.7 Å². The summed E-state index contributed by atoms with van der Waals surface area (Å²) in [6.07, 6.45) is 1.47. The van der Waals surface area contributed by atoms with Gasteiger partial charge in [0.1, 0.15) is 33.6 Å². The molecule has 9 nitrogen and oxygen atoms in total. The average molecular weight is 395 g/mol. The summed E-state index contributed by atoms with van der Waals surface area (Å²) < 4.78 is 16.8. The van der Waals surface area contributed by atoms with E-state index in [1.807, 2.05) is 6.07 Å². The molecule has 1 aromatic carbocycles. The zero-order chi connectivity index (χ0) is 21.1. The molecule has 2 unspecified atom stereocenters. The van der Waals surface area contributed by atoms with Crippen molar-refractivity contribution in [1.29, 1.82) is 5.26 Å². The molecule has 1 fully saturated rings. The lowest BCUT2D eigenvalue weighted by Gasteiger charge is -2.34. The van der Waals surface area contributed by atoms with Gasteiger partial charge in [-0.2, -0.15) is 5.26 Å². The Balaban J connectivity index is 2.15. The van der Waals surface area contributed by atoms with Crippen LogP contribution in [0, 0.1) is 24.2 Å². The van der Waals surface area contributed by atoms with Gasteiger partial charge in [-0.15, -0.1) is 0 Å². The zero-order valence-corrected chi connectivity index (χ0v) is 16.2. The van der Waals surface area contributed by atoms with Crippen molar-refractivity contribution in [2.75, 3.05) is 7.11 Å². The number of nitrogens with one attached hydrogen (secondary N) is 1. The molecule has 3 heterocycles. The molecule has 148 valence electrons. The van der Waals surface area contributed by atoms with E-state index in [9.17, 15) is 19.6 Å². The number of fused-ring (bicyclic) bond motifs is 2. The largest absolute Gasteiger partial charge is 0.495 e. The molecule has 2 aromatic heterocycles. The molecule has 29 heavy (non-hydrogen) atoms. The number of nitriles is 1. The summed E-state index contributed by atoms with van der Waals surface area (Å²) in [6, 6.07) is 5.15. The number of hydrogen-bond donors (Lipinski definition) is 1. The van der Waals surface area contributed by atoms with Gasteiger partial charge in [0.15, 0.2) is 5.92 Å². The minimum Gasteiger partial charge on any atom is -0.495 e. The molecule has 1 aliphatic heterocycles. The second kappa shape index (κ2) is 6.10. The number of nitrogens with zero attached hydrogens (tertiary/aromatic N) is 2. The van der Waals surface area contributed by atoms with Gasteiger partial charge < -0.3 is 13.6 Å². The number of carbonyl (C=O) groups excluding carboxylic acids is 2. The molecule has 4 rings (SSSR count). The van der Waals surface area contributed by atoms with Crippen LogP contribution >= 0.6 is 0 Å². The molecule has 0 saturated carbocycles. The maximum Gasteiger partial charge on any atom is 0.258 e. The molecule has 1 N–H and O–H groups in total. The SMILES string of the molecule is COc1c2ccoc2cc2oc(C)c(C3(C)C(C#N)C(=O)NN3C(C)=O)c(=O)c12. The van der Waals surface area contributed by atoms with E-state index in [-0.39, 0.29) is 28.0 Å². The van der Waals surface area contributed by atoms with Crippen molar-refractivity contribution >= 4 is 33.8 Å². The number of benzene rings is 1. The first-order valence-corrected chi connectivity index (χ1v) is 8.78. The van der Waals surface area contributed by atoms with Crippen LogP contribution in [0.2, 0.25) is 0 Å². The highest BCUT2D eigenvalue weighted by atomic mass is 16.5. The first-order valence-electron chi connectivity index (χ1n) is 8.78. The number of carbonyl (C=O) groups is 2. The van der Waals surface area contributed by atoms with Gasteiger partial charge >= 0.3 is 0 Å². The van der Waals surface area contributed by atoms with E-state index in [2.05, 4.69) is 5.43 Å². The smallest absolute Gasteiger partial charge is 0.258 e. The lowest BCUT2D eigenvalue weighted by Crippen LogP contribution is -2.51. The summed E-state index contributed by atoms with van der Waals surface area (Å²) in [4.78, 5) is 38.3. The van der Waals surface area contributed by atoms with E-state index in [1.165, 1.54) is 27.2 Å². The highest BCUT2D eigenvalue weighted by Crippen LogP contribution is 2.42. The third-order valence-electron chi connectivity index (χ3n) is 5.41. The number of hydrogen-bond acceptors (Lipinski definition) is 7. The topological polar surface area (TPSA) is 126 Å². The molecule has 2 atom stereocenters. The van der Waals surface area contributed by atoms with Gasteiger partial charge in [0.25, 0.3) is 5.91 Å². The van der Waals surface area contributed by atoms with Gasteiger partial charge in [0, 0.05) is 13.0 Å². The van der Waals surface area contributed by atoms with E-state index >= 15 is 0 Å². The van der Waals surface area contributed by atoms with Gasteiger partial charge in [0.2, 0.25) is 11.3 Å². The lowest BCUT2D eigenvalue weighted by atomic mass is 9.79. The van der Waals surface area contributed by atoms with Crippen LogP contribution in [-0.4, -0.2) is 23.9 Å². The van der Waals surface area contributed by atoms with Crippen LogP contribution in [0.25, 0.3) is 21.9 Å². The van der Waals surface area contributed by atoms with Gasteiger partial charge in [-0.3, -0.25) is 19.8 Å². The third kappa shape index (κ3) is 2.29. The van der Waals surface area contributed by atoms with E-state index in [0.717, 1.165) is 5.01 Å². The molecule has 1 aliphatic rings. The first-order chi connectivity index (χ1) is 13.7. The van der Waals surface area contributed by atoms with Gasteiger partial charge in [-0.25, -0.2) is 5.01 Å². The quantitative estimate of drug-likeness (QED) is 0.704. The predicted octanol–water partition coefficient (Wildman–Crippen LogP) is 2.10. The maximum atomic E-state index is 13.7. The Morgan fingerprint density at radius 3 is 2.72 bits per heavy atom. The molecule has 1 saturated heterocycles. The number of aryl methyl sites for hydroxylation is 1. The Hall–Kier alpha value is -3.80. The predicted molar refractivity (Wildman–Crippen MR) is 101 cm³/mol. The fourth-order valence-electron chi connectivity index (χ4n) is 4.17. The number of methoxy groups -OCH3 is 1. The monoisotopic (exact) mass is 395 g/mol.